The molecule has 160 valence electrons. The molecule has 5 nitrogen and oxygen atoms in total. The Morgan fingerprint density at radius 2 is 1.45 bits per heavy atom. The van der Waals surface area contributed by atoms with Crippen molar-refractivity contribution in [1.82, 2.24) is 9.80 Å². The molecule has 6 heteroatoms. The standard InChI is InChI=1S/C25H25FN2O3/c1-4-28(17-18-8-10-19(11-9-18)24(29)27(2)3)25(30)20-12-14-22(15-13-20)31-23-7-5-6-21(26)16-23/h5-16H,4,17H2,1-3H3. The lowest BCUT2D eigenvalue weighted by molar-refractivity contribution is 0.0751. The van der Waals surface area contributed by atoms with Gasteiger partial charge in [-0.15, -0.1) is 0 Å². The van der Waals surface area contributed by atoms with E-state index in [0.717, 1.165) is 5.56 Å². The minimum absolute atomic E-state index is 0.0597. The van der Waals surface area contributed by atoms with E-state index in [1.54, 1.807) is 67.5 Å². The Morgan fingerprint density at radius 3 is 2.03 bits per heavy atom. The molecule has 0 spiro atoms. The van der Waals surface area contributed by atoms with E-state index in [1.807, 2.05) is 19.1 Å². The van der Waals surface area contributed by atoms with Crippen molar-refractivity contribution in [1.29, 1.82) is 0 Å². The average molecular weight is 420 g/mol. The molecule has 0 fully saturated rings. The van der Waals surface area contributed by atoms with Crippen molar-refractivity contribution in [3.05, 3.63) is 95.3 Å². The van der Waals surface area contributed by atoms with Crippen LogP contribution >= 0.6 is 0 Å². The van der Waals surface area contributed by atoms with Crippen LogP contribution in [0.15, 0.2) is 72.8 Å². The topological polar surface area (TPSA) is 49.9 Å². The number of nitrogens with zero attached hydrogens (tertiary/aromatic N) is 2. The minimum Gasteiger partial charge on any atom is -0.457 e. The van der Waals surface area contributed by atoms with E-state index >= 15 is 0 Å². The Bertz CT molecular complexity index is 1050. The lowest BCUT2D eigenvalue weighted by atomic mass is 10.1. The predicted molar refractivity (Wildman–Crippen MR) is 118 cm³/mol. The highest BCUT2D eigenvalue weighted by molar-refractivity contribution is 5.95. The molecule has 0 bridgehead atoms. The average Bonchev–Trinajstić information content (AvgIpc) is 2.77. The van der Waals surface area contributed by atoms with Crippen LogP contribution in [0.1, 0.15) is 33.2 Å². The molecule has 0 radical (unpaired) electrons. The number of hydrogen-bond donors (Lipinski definition) is 0. The molecule has 0 saturated heterocycles. The Kier molecular flexibility index (Phi) is 7.03. The molecule has 3 aromatic carbocycles. The Morgan fingerprint density at radius 1 is 0.839 bits per heavy atom. The number of rotatable bonds is 7. The number of halogens is 1. The van der Waals surface area contributed by atoms with E-state index in [4.69, 9.17) is 4.74 Å². The normalized spacial score (nSPS) is 10.5. The van der Waals surface area contributed by atoms with Gasteiger partial charge in [-0.25, -0.2) is 4.39 Å². The molecule has 0 saturated carbocycles. The third-order valence-electron chi connectivity index (χ3n) is 4.78. The summed E-state index contributed by atoms with van der Waals surface area (Å²) in [7, 11) is 3.42. The minimum atomic E-state index is -0.373. The first-order chi connectivity index (χ1) is 14.9. The molecule has 0 aliphatic carbocycles. The number of benzene rings is 3. The van der Waals surface area contributed by atoms with Gasteiger partial charge in [0.05, 0.1) is 0 Å². The summed E-state index contributed by atoms with van der Waals surface area (Å²) in [5.74, 6) is 0.377. The zero-order valence-corrected chi connectivity index (χ0v) is 17.8. The number of ether oxygens (including phenoxy) is 1. The van der Waals surface area contributed by atoms with Gasteiger partial charge in [-0.3, -0.25) is 9.59 Å². The van der Waals surface area contributed by atoms with E-state index in [0.29, 0.717) is 35.7 Å². The van der Waals surface area contributed by atoms with Crippen molar-refractivity contribution in [3.63, 3.8) is 0 Å². The molecule has 2 amide bonds. The maximum Gasteiger partial charge on any atom is 0.254 e. The molecule has 31 heavy (non-hydrogen) atoms. The van der Waals surface area contributed by atoms with Gasteiger partial charge >= 0.3 is 0 Å². The van der Waals surface area contributed by atoms with Gasteiger partial charge in [0.1, 0.15) is 17.3 Å². The molecule has 0 aliphatic heterocycles. The maximum absolute atomic E-state index is 13.3. The second-order valence-corrected chi connectivity index (χ2v) is 7.30. The van der Waals surface area contributed by atoms with Crippen molar-refractivity contribution in [2.75, 3.05) is 20.6 Å². The van der Waals surface area contributed by atoms with Crippen molar-refractivity contribution in [3.8, 4) is 11.5 Å². The van der Waals surface area contributed by atoms with Gasteiger partial charge in [0.25, 0.3) is 11.8 Å². The molecule has 0 aliphatic rings. The zero-order chi connectivity index (χ0) is 22.4. The summed E-state index contributed by atoms with van der Waals surface area (Å²) in [6.07, 6.45) is 0. The summed E-state index contributed by atoms with van der Waals surface area (Å²) in [5, 5.41) is 0. The summed E-state index contributed by atoms with van der Waals surface area (Å²) < 4.78 is 18.9. The highest BCUT2D eigenvalue weighted by atomic mass is 19.1. The molecule has 0 atom stereocenters. The van der Waals surface area contributed by atoms with Gasteiger partial charge in [0.15, 0.2) is 0 Å². The van der Waals surface area contributed by atoms with Gasteiger partial charge in [0.2, 0.25) is 0 Å². The quantitative estimate of drug-likeness (QED) is 0.542. The SMILES string of the molecule is CCN(Cc1ccc(C(=O)N(C)C)cc1)C(=O)c1ccc(Oc2cccc(F)c2)cc1. The van der Waals surface area contributed by atoms with Gasteiger partial charge in [0, 0.05) is 44.4 Å². The molecule has 3 aromatic rings. The van der Waals surface area contributed by atoms with Crippen molar-refractivity contribution in [2.45, 2.75) is 13.5 Å². The number of carbonyl (C=O) groups is 2. The molecule has 0 unspecified atom stereocenters. The van der Waals surface area contributed by atoms with E-state index in [1.165, 1.54) is 17.0 Å². The number of hydrogen-bond acceptors (Lipinski definition) is 3. The lowest BCUT2D eigenvalue weighted by Gasteiger charge is -2.21. The van der Waals surface area contributed by atoms with Crippen LogP contribution in [0.5, 0.6) is 11.5 Å². The predicted octanol–water partition coefficient (Wildman–Crippen LogP) is 4.98. The summed E-state index contributed by atoms with van der Waals surface area (Å²) in [6, 6.07) is 19.9. The van der Waals surface area contributed by atoms with Crippen LogP contribution in [0.2, 0.25) is 0 Å². The second-order valence-electron chi connectivity index (χ2n) is 7.30. The van der Waals surface area contributed by atoms with Crippen LogP contribution in [0, 0.1) is 5.82 Å². The van der Waals surface area contributed by atoms with Crippen LogP contribution in [0.4, 0.5) is 4.39 Å². The van der Waals surface area contributed by atoms with Crippen molar-refractivity contribution in [2.24, 2.45) is 0 Å². The summed E-state index contributed by atoms with van der Waals surface area (Å²) >= 11 is 0. The Labute approximate surface area is 181 Å². The molecule has 0 heterocycles. The van der Waals surface area contributed by atoms with Crippen LogP contribution in [-0.2, 0) is 6.54 Å². The fourth-order valence-electron chi connectivity index (χ4n) is 3.07. The van der Waals surface area contributed by atoms with E-state index in [9.17, 15) is 14.0 Å². The van der Waals surface area contributed by atoms with Gasteiger partial charge < -0.3 is 14.5 Å². The summed E-state index contributed by atoms with van der Waals surface area (Å²) in [5.41, 5.74) is 2.08. The summed E-state index contributed by atoms with van der Waals surface area (Å²) in [4.78, 5) is 28.2. The largest absolute Gasteiger partial charge is 0.457 e. The van der Waals surface area contributed by atoms with E-state index in [2.05, 4.69) is 0 Å². The molecule has 3 rings (SSSR count). The molecule has 0 aromatic heterocycles. The van der Waals surface area contributed by atoms with Crippen LogP contribution in [0.25, 0.3) is 0 Å². The van der Waals surface area contributed by atoms with Crippen molar-refractivity contribution < 1.29 is 18.7 Å². The van der Waals surface area contributed by atoms with Gasteiger partial charge in [-0.05, 0) is 61.0 Å². The molecular weight excluding hydrogens is 395 g/mol. The summed E-state index contributed by atoms with van der Waals surface area (Å²) in [6.45, 7) is 2.90. The third-order valence-corrected chi connectivity index (χ3v) is 4.78. The number of carbonyl (C=O) groups excluding carboxylic acids is 2. The Hall–Kier alpha value is -3.67. The van der Waals surface area contributed by atoms with E-state index < -0.39 is 0 Å². The Balaban J connectivity index is 1.66. The monoisotopic (exact) mass is 420 g/mol. The maximum atomic E-state index is 13.3. The van der Waals surface area contributed by atoms with Crippen LogP contribution in [-0.4, -0.2) is 42.3 Å². The fourth-order valence-corrected chi connectivity index (χ4v) is 3.07. The zero-order valence-electron chi connectivity index (χ0n) is 17.8. The highest BCUT2D eigenvalue weighted by Gasteiger charge is 2.15. The van der Waals surface area contributed by atoms with Crippen LogP contribution in [0.3, 0.4) is 0 Å². The molecule has 0 N–H and O–H groups in total. The first kappa shape index (κ1) is 22.0. The molecular formula is C25H25FN2O3. The number of amides is 2. The van der Waals surface area contributed by atoms with Crippen molar-refractivity contribution >= 4 is 11.8 Å². The first-order valence-corrected chi connectivity index (χ1v) is 10.0. The first-order valence-electron chi connectivity index (χ1n) is 10.0. The fraction of sp³-hybridized carbons (Fsp3) is 0.200. The third kappa shape index (κ3) is 5.69. The lowest BCUT2D eigenvalue weighted by Crippen LogP contribution is -2.30. The smallest absolute Gasteiger partial charge is 0.254 e. The van der Waals surface area contributed by atoms with Crippen LogP contribution < -0.4 is 4.74 Å². The van der Waals surface area contributed by atoms with E-state index in [-0.39, 0.29) is 17.6 Å². The van der Waals surface area contributed by atoms with Gasteiger partial charge in [-0.1, -0.05) is 18.2 Å². The second kappa shape index (κ2) is 9.89. The van der Waals surface area contributed by atoms with Gasteiger partial charge in [-0.2, -0.15) is 0 Å². The highest BCUT2D eigenvalue weighted by Crippen LogP contribution is 2.23.